The van der Waals surface area contributed by atoms with Gasteiger partial charge in [0.25, 0.3) is 0 Å². The summed E-state index contributed by atoms with van der Waals surface area (Å²) < 4.78 is 5.01. The van der Waals surface area contributed by atoms with Crippen molar-refractivity contribution >= 4 is 28.4 Å². The largest absolute Gasteiger partial charge is 0.384 e. The van der Waals surface area contributed by atoms with Crippen LogP contribution in [0.25, 0.3) is 11.0 Å². The number of piperidine rings is 1. The molecule has 3 rings (SSSR count). The van der Waals surface area contributed by atoms with Gasteiger partial charge in [0.2, 0.25) is 5.91 Å². The fourth-order valence-corrected chi connectivity index (χ4v) is 3.37. The summed E-state index contributed by atoms with van der Waals surface area (Å²) in [4.78, 5) is 33.6. The van der Waals surface area contributed by atoms with E-state index in [4.69, 9.17) is 4.74 Å². The number of rotatable bonds is 7. The number of fused-ring (bicyclic) bond motifs is 1. The minimum atomic E-state index is -0.0477. The molecule has 2 aromatic heterocycles. The molecule has 1 aliphatic heterocycles. The predicted octanol–water partition coefficient (Wildman–Crippen LogP) is 2.37. The molecule has 2 N–H and O–H groups in total. The molecule has 0 aliphatic carbocycles. The Morgan fingerprint density at radius 2 is 2.38 bits per heavy atom. The van der Waals surface area contributed by atoms with Crippen LogP contribution in [0.2, 0.25) is 0 Å². The lowest BCUT2D eigenvalue weighted by Crippen LogP contribution is -2.44. The van der Waals surface area contributed by atoms with Crippen LogP contribution in [-0.2, 0) is 9.53 Å². The predicted molar refractivity (Wildman–Crippen MR) is 100 cm³/mol. The summed E-state index contributed by atoms with van der Waals surface area (Å²) in [6.45, 7) is 5.31. The summed E-state index contributed by atoms with van der Waals surface area (Å²) in [6.07, 6.45) is 6.98. The highest BCUT2D eigenvalue weighted by molar-refractivity contribution is 6.11. The lowest BCUT2D eigenvalue weighted by molar-refractivity contribution is -0.127. The third-order valence-corrected chi connectivity index (χ3v) is 4.67. The van der Waals surface area contributed by atoms with Gasteiger partial charge in [-0.2, -0.15) is 0 Å². The number of Topliss-reactive ketones (excluding diaryl/α,β-unsaturated/α-hetero) is 1. The molecule has 0 bridgehead atoms. The van der Waals surface area contributed by atoms with E-state index < -0.39 is 0 Å². The van der Waals surface area contributed by atoms with E-state index in [0.717, 1.165) is 30.5 Å². The molecule has 0 spiro atoms. The number of hydrogen-bond acceptors (Lipinski definition) is 5. The van der Waals surface area contributed by atoms with Crippen LogP contribution < -0.4 is 5.32 Å². The van der Waals surface area contributed by atoms with Crippen molar-refractivity contribution in [3.8, 4) is 0 Å². The second-order valence-corrected chi connectivity index (χ2v) is 6.42. The van der Waals surface area contributed by atoms with Crippen LogP contribution in [0.15, 0.2) is 31.1 Å². The number of pyridine rings is 1. The summed E-state index contributed by atoms with van der Waals surface area (Å²) in [5.41, 5.74) is 2.14. The van der Waals surface area contributed by atoms with Gasteiger partial charge in [-0.15, -0.1) is 0 Å². The van der Waals surface area contributed by atoms with E-state index >= 15 is 0 Å². The Bertz CT molecular complexity index is 814. The molecule has 3 heterocycles. The number of hydrogen-bond donors (Lipinski definition) is 2. The highest BCUT2D eigenvalue weighted by Gasteiger charge is 2.23. The standard InChI is InChI=1S/C19H24N4O3/c1-3-17(25)23-9-4-5-13(12-23)22-15-6-8-20-19-18(15)14(11-21-19)16(24)7-10-26-2/h3,6,8,11,13H,1,4-5,7,9-10,12H2,2H3,(H2,20,21,22). The number of methoxy groups -OCH3 is 1. The maximum Gasteiger partial charge on any atom is 0.246 e. The molecule has 1 amide bonds. The highest BCUT2D eigenvalue weighted by Crippen LogP contribution is 2.28. The van der Waals surface area contributed by atoms with Gasteiger partial charge < -0.3 is 19.9 Å². The minimum Gasteiger partial charge on any atom is -0.384 e. The molecule has 0 saturated carbocycles. The minimum absolute atomic E-state index is 0.0151. The molecule has 1 fully saturated rings. The van der Waals surface area contributed by atoms with Crippen molar-refractivity contribution in [2.75, 3.05) is 32.1 Å². The Morgan fingerprint density at radius 1 is 1.54 bits per heavy atom. The number of nitrogens with zero attached hydrogens (tertiary/aromatic N) is 2. The van der Waals surface area contributed by atoms with Crippen LogP contribution >= 0.6 is 0 Å². The van der Waals surface area contributed by atoms with Gasteiger partial charge in [-0.25, -0.2) is 4.98 Å². The van der Waals surface area contributed by atoms with Crippen molar-refractivity contribution in [3.63, 3.8) is 0 Å². The Labute approximate surface area is 152 Å². The van der Waals surface area contributed by atoms with Crippen LogP contribution in [-0.4, -0.2) is 59.4 Å². The summed E-state index contributed by atoms with van der Waals surface area (Å²) in [5.74, 6) is -0.0327. The van der Waals surface area contributed by atoms with E-state index in [-0.39, 0.29) is 17.7 Å². The van der Waals surface area contributed by atoms with E-state index in [0.29, 0.717) is 30.8 Å². The van der Waals surface area contributed by atoms with E-state index in [9.17, 15) is 9.59 Å². The molecule has 2 aromatic rings. The summed E-state index contributed by atoms with van der Waals surface area (Å²) in [6, 6.07) is 1.99. The van der Waals surface area contributed by atoms with E-state index in [1.807, 2.05) is 6.07 Å². The van der Waals surface area contributed by atoms with Crippen LogP contribution in [0.5, 0.6) is 0 Å². The van der Waals surface area contributed by atoms with Crippen molar-refractivity contribution < 1.29 is 14.3 Å². The normalized spacial score (nSPS) is 17.3. The molecule has 7 heteroatoms. The lowest BCUT2D eigenvalue weighted by Gasteiger charge is -2.33. The number of nitrogens with one attached hydrogen (secondary N) is 2. The monoisotopic (exact) mass is 356 g/mol. The number of ketones is 1. The Kier molecular flexibility index (Phi) is 5.68. The number of amides is 1. The average molecular weight is 356 g/mol. The van der Waals surface area contributed by atoms with Crippen molar-refractivity contribution in [1.82, 2.24) is 14.9 Å². The molecular weight excluding hydrogens is 332 g/mol. The molecular formula is C19H24N4O3. The number of ether oxygens (including phenoxy) is 1. The topological polar surface area (TPSA) is 87.3 Å². The fourth-order valence-electron chi connectivity index (χ4n) is 3.37. The number of likely N-dealkylation sites (tertiary alicyclic amines) is 1. The van der Waals surface area contributed by atoms with Crippen LogP contribution in [0.1, 0.15) is 29.6 Å². The van der Waals surface area contributed by atoms with Crippen molar-refractivity contribution in [2.24, 2.45) is 0 Å². The first-order chi connectivity index (χ1) is 12.6. The van der Waals surface area contributed by atoms with Gasteiger partial charge in [-0.05, 0) is 25.0 Å². The first-order valence-corrected chi connectivity index (χ1v) is 8.80. The molecule has 26 heavy (non-hydrogen) atoms. The van der Waals surface area contributed by atoms with Gasteiger partial charge in [0, 0.05) is 56.3 Å². The Morgan fingerprint density at radius 3 is 3.15 bits per heavy atom. The second kappa shape index (κ2) is 8.14. The Hall–Kier alpha value is -2.67. The fraction of sp³-hybridized carbons (Fsp3) is 0.421. The quantitative estimate of drug-likeness (QED) is 0.587. The third-order valence-electron chi connectivity index (χ3n) is 4.67. The molecule has 138 valence electrons. The van der Waals surface area contributed by atoms with Gasteiger partial charge in [-0.3, -0.25) is 9.59 Å². The van der Waals surface area contributed by atoms with Gasteiger partial charge in [0.1, 0.15) is 5.65 Å². The zero-order valence-corrected chi connectivity index (χ0v) is 15.0. The van der Waals surface area contributed by atoms with Gasteiger partial charge in [-0.1, -0.05) is 6.58 Å². The van der Waals surface area contributed by atoms with Crippen molar-refractivity contribution in [1.29, 1.82) is 0 Å². The Balaban J connectivity index is 1.83. The van der Waals surface area contributed by atoms with Crippen molar-refractivity contribution in [3.05, 3.63) is 36.7 Å². The molecule has 1 saturated heterocycles. The molecule has 1 aliphatic rings. The van der Waals surface area contributed by atoms with Crippen LogP contribution in [0.4, 0.5) is 5.69 Å². The van der Waals surface area contributed by atoms with Crippen molar-refractivity contribution in [2.45, 2.75) is 25.3 Å². The van der Waals surface area contributed by atoms with E-state index in [2.05, 4.69) is 21.9 Å². The lowest BCUT2D eigenvalue weighted by atomic mass is 10.0. The average Bonchev–Trinajstić information content (AvgIpc) is 3.11. The smallest absolute Gasteiger partial charge is 0.246 e. The number of anilines is 1. The maximum atomic E-state index is 12.5. The van der Waals surface area contributed by atoms with Gasteiger partial charge >= 0.3 is 0 Å². The SMILES string of the molecule is C=CC(=O)N1CCCC(Nc2ccnc3[nH]cc(C(=O)CCOC)c23)C1. The molecule has 1 atom stereocenters. The first kappa shape index (κ1) is 18.1. The zero-order chi connectivity index (χ0) is 18.5. The first-order valence-electron chi connectivity index (χ1n) is 8.80. The van der Waals surface area contributed by atoms with Crippen LogP contribution in [0, 0.1) is 0 Å². The summed E-state index contributed by atoms with van der Waals surface area (Å²) in [5, 5.41) is 4.29. The maximum absolute atomic E-state index is 12.5. The van der Waals surface area contributed by atoms with E-state index in [1.54, 1.807) is 24.4 Å². The molecule has 1 unspecified atom stereocenters. The van der Waals surface area contributed by atoms with Gasteiger partial charge in [0.05, 0.1) is 12.0 Å². The van der Waals surface area contributed by atoms with Gasteiger partial charge in [0.15, 0.2) is 5.78 Å². The second-order valence-electron chi connectivity index (χ2n) is 6.42. The molecule has 0 radical (unpaired) electrons. The third kappa shape index (κ3) is 3.77. The zero-order valence-electron chi connectivity index (χ0n) is 15.0. The number of aromatic amines is 1. The molecule has 0 aromatic carbocycles. The number of aromatic nitrogens is 2. The molecule has 7 nitrogen and oxygen atoms in total. The number of H-pyrrole nitrogens is 1. The number of carbonyl (C=O) groups is 2. The highest BCUT2D eigenvalue weighted by atomic mass is 16.5. The summed E-state index contributed by atoms with van der Waals surface area (Å²) >= 11 is 0. The van der Waals surface area contributed by atoms with E-state index in [1.165, 1.54) is 6.08 Å². The van der Waals surface area contributed by atoms with Crippen LogP contribution in [0.3, 0.4) is 0 Å². The summed E-state index contributed by atoms with van der Waals surface area (Å²) in [7, 11) is 1.58. The number of carbonyl (C=O) groups excluding carboxylic acids is 2.